The predicted molar refractivity (Wildman–Crippen MR) is 139 cm³/mol. The number of nitrogens with one attached hydrogen (secondary N) is 2. The van der Waals surface area contributed by atoms with Gasteiger partial charge in [-0.1, -0.05) is 6.07 Å². The summed E-state index contributed by atoms with van der Waals surface area (Å²) in [6.45, 7) is 6.28. The van der Waals surface area contributed by atoms with Gasteiger partial charge in [0.2, 0.25) is 5.91 Å². The van der Waals surface area contributed by atoms with Crippen LogP contribution in [0.3, 0.4) is 0 Å². The van der Waals surface area contributed by atoms with Crippen LogP contribution >= 0.6 is 34.4 Å². The van der Waals surface area contributed by atoms with Crippen LogP contribution in [-0.4, -0.2) is 26.6 Å². The molecule has 1 aromatic carbocycles. The quantitative estimate of drug-likeness (QED) is 0.373. The number of carbonyl (C=O) groups excluding carboxylic acids is 1. The SMILES string of the molecule is Cc1cc(C)c(-c2csc(NC(=O)CSCc3nc4sc5c(c4c(=O)[nH]3)CCC5)n2)cc1C. The Bertz CT molecular complexity index is 1430. The number of aromatic nitrogens is 3. The van der Waals surface area contributed by atoms with Gasteiger partial charge < -0.3 is 10.3 Å². The van der Waals surface area contributed by atoms with Gasteiger partial charge in [-0.3, -0.25) is 9.59 Å². The molecule has 0 saturated heterocycles. The molecule has 0 aliphatic heterocycles. The van der Waals surface area contributed by atoms with Crippen LogP contribution in [0.15, 0.2) is 22.3 Å². The third-order valence-corrected chi connectivity index (χ3v) is 8.85. The Morgan fingerprint density at radius 2 is 1.97 bits per heavy atom. The number of carbonyl (C=O) groups is 1. The number of anilines is 1. The van der Waals surface area contributed by atoms with Crippen LogP contribution in [0.4, 0.5) is 5.13 Å². The van der Waals surface area contributed by atoms with Crippen molar-refractivity contribution in [3.8, 4) is 11.3 Å². The van der Waals surface area contributed by atoms with E-state index in [1.807, 2.05) is 5.38 Å². The first-order valence-corrected chi connectivity index (χ1v) is 13.7. The first kappa shape index (κ1) is 22.3. The number of hydrogen-bond acceptors (Lipinski definition) is 7. The zero-order valence-electron chi connectivity index (χ0n) is 18.7. The highest BCUT2D eigenvalue weighted by Gasteiger charge is 2.21. The molecule has 1 amide bonds. The number of H-pyrrole nitrogens is 1. The minimum Gasteiger partial charge on any atom is -0.309 e. The maximum Gasteiger partial charge on any atom is 0.259 e. The van der Waals surface area contributed by atoms with Crippen molar-refractivity contribution in [1.82, 2.24) is 15.0 Å². The van der Waals surface area contributed by atoms with Gasteiger partial charge in [0.1, 0.15) is 10.7 Å². The molecule has 170 valence electrons. The van der Waals surface area contributed by atoms with E-state index in [0.29, 0.717) is 16.7 Å². The Morgan fingerprint density at radius 1 is 1.15 bits per heavy atom. The molecule has 2 N–H and O–H groups in total. The summed E-state index contributed by atoms with van der Waals surface area (Å²) in [5, 5.41) is 6.22. The van der Waals surface area contributed by atoms with Crippen LogP contribution < -0.4 is 10.9 Å². The summed E-state index contributed by atoms with van der Waals surface area (Å²) in [5.41, 5.74) is 6.75. The second kappa shape index (κ2) is 9.04. The minimum absolute atomic E-state index is 0.0589. The van der Waals surface area contributed by atoms with Crippen molar-refractivity contribution in [2.24, 2.45) is 0 Å². The fourth-order valence-electron chi connectivity index (χ4n) is 4.20. The summed E-state index contributed by atoms with van der Waals surface area (Å²) in [5.74, 6) is 1.25. The smallest absolute Gasteiger partial charge is 0.259 e. The fourth-order valence-corrected chi connectivity index (χ4v) is 6.90. The summed E-state index contributed by atoms with van der Waals surface area (Å²) >= 11 is 4.49. The third kappa shape index (κ3) is 4.49. The molecule has 4 aromatic rings. The van der Waals surface area contributed by atoms with Crippen LogP contribution in [0.25, 0.3) is 21.5 Å². The normalized spacial score (nSPS) is 12.9. The molecule has 5 rings (SSSR count). The molecule has 0 fully saturated rings. The lowest BCUT2D eigenvalue weighted by Gasteiger charge is -2.07. The molecule has 0 bridgehead atoms. The van der Waals surface area contributed by atoms with E-state index in [2.05, 4.69) is 53.2 Å². The van der Waals surface area contributed by atoms with Crippen molar-refractivity contribution in [3.63, 3.8) is 0 Å². The maximum absolute atomic E-state index is 12.6. The predicted octanol–water partition coefficient (Wildman–Crippen LogP) is 5.39. The molecule has 3 aromatic heterocycles. The highest BCUT2D eigenvalue weighted by atomic mass is 32.2. The summed E-state index contributed by atoms with van der Waals surface area (Å²) in [6.07, 6.45) is 3.13. The largest absolute Gasteiger partial charge is 0.309 e. The number of thiazole rings is 1. The van der Waals surface area contributed by atoms with Gasteiger partial charge in [-0.05, 0) is 68.4 Å². The number of benzene rings is 1. The lowest BCUT2D eigenvalue weighted by molar-refractivity contribution is -0.113. The molecule has 9 heteroatoms. The van der Waals surface area contributed by atoms with Gasteiger partial charge in [-0.15, -0.1) is 34.4 Å². The molecule has 33 heavy (non-hydrogen) atoms. The number of thiophene rings is 1. The van der Waals surface area contributed by atoms with E-state index >= 15 is 0 Å². The molecule has 6 nitrogen and oxygen atoms in total. The average Bonchev–Trinajstić information content (AvgIpc) is 3.47. The number of aryl methyl sites for hydroxylation is 5. The first-order chi connectivity index (χ1) is 15.9. The number of aromatic amines is 1. The first-order valence-electron chi connectivity index (χ1n) is 10.8. The van der Waals surface area contributed by atoms with Gasteiger partial charge in [0.05, 0.1) is 22.6 Å². The van der Waals surface area contributed by atoms with Gasteiger partial charge in [-0.2, -0.15) is 0 Å². The standard InChI is InChI=1S/C24H24N4O2S3/c1-12-7-14(3)16(8-13(12)2)17-9-32-24(25-17)28-20(29)11-31-10-19-26-22(30)21-15-5-4-6-18(15)33-23(21)27-19/h7-9H,4-6,10-11H2,1-3H3,(H,25,28,29)(H,26,27,30). The van der Waals surface area contributed by atoms with Crippen LogP contribution in [-0.2, 0) is 23.4 Å². The van der Waals surface area contributed by atoms with Gasteiger partial charge in [0, 0.05) is 15.8 Å². The minimum atomic E-state index is -0.115. The van der Waals surface area contributed by atoms with Gasteiger partial charge in [-0.25, -0.2) is 9.97 Å². The lowest BCUT2D eigenvalue weighted by Crippen LogP contribution is -2.15. The van der Waals surface area contributed by atoms with E-state index in [9.17, 15) is 9.59 Å². The van der Waals surface area contributed by atoms with E-state index in [1.54, 1.807) is 11.3 Å². The molecular formula is C24H24N4O2S3. The van der Waals surface area contributed by atoms with Gasteiger partial charge in [0.25, 0.3) is 5.56 Å². The lowest BCUT2D eigenvalue weighted by atomic mass is 9.99. The van der Waals surface area contributed by atoms with E-state index in [1.165, 1.54) is 50.2 Å². The van der Waals surface area contributed by atoms with Crippen molar-refractivity contribution in [1.29, 1.82) is 0 Å². The number of nitrogens with zero attached hydrogens (tertiary/aromatic N) is 2. The molecule has 1 aliphatic carbocycles. The Labute approximate surface area is 203 Å². The van der Waals surface area contributed by atoms with Crippen molar-refractivity contribution in [2.45, 2.75) is 45.8 Å². The third-order valence-electron chi connectivity index (χ3n) is 5.96. The topological polar surface area (TPSA) is 87.7 Å². The molecule has 0 radical (unpaired) electrons. The van der Waals surface area contributed by atoms with Crippen LogP contribution in [0, 0.1) is 20.8 Å². The van der Waals surface area contributed by atoms with Crippen molar-refractivity contribution in [3.05, 3.63) is 60.8 Å². The second-order valence-electron chi connectivity index (χ2n) is 8.38. The van der Waals surface area contributed by atoms with Crippen LogP contribution in [0.2, 0.25) is 0 Å². The Morgan fingerprint density at radius 3 is 2.82 bits per heavy atom. The monoisotopic (exact) mass is 496 g/mol. The molecule has 0 unspecified atom stereocenters. The molecule has 0 spiro atoms. The molecule has 0 saturated carbocycles. The zero-order chi connectivity index (χ0) is 23.1. The number of fused-ring (bicyclic) bond motifs is 3. The Balaban J connectivity index is 1.20. The summed E-state index contributed by atoms with van der Waals surface area (Å²) in [7, 11) is 0. The number of amides is 1. The molecule has 3 heterocycles. The number of thioether (sulfide) groups is 1. The number of rotatable bonds is 6. The summed E-state index contributed by atoms with van der Waals surface area (Å²) in [6, 6.07) is 4.31. The average molecular weight is 497 g/mol. The van der Waals surface area contributed by atoms with Gasteiger partial charge in [0.15, 0.2) is 5.13 Å². The molecule has 1 aliphatic rings. The van der Waals surface area contributed by atoms with E-state index < -0.39 is 0 Å². The van der Waals surface area contributed by atoms with Crippen LogP contribution in [0.5, 0.6) is 0 Å². The molecular weight excluding hydrogens is 472 g/mol. The number of hydrogen-bond donors (Lipinski definition) is 2. The zero-order valence-corrected chi connectivity index (χ0v) is 21.2. The van der Waals surface area contributed by atoms with Gasteiger partial charge >= 0.3 is 0 Å². The summed E-state index contributed by atoms with van der Waals surface area (Å²) in [4.78, 5) is 39.3. The van der Waals surface area contributed by atoms with Crippen molar-refractivity contribution >= 4 is 55.7 Å². The van der Waals surface area contributed by atoms with E-state index in [0.717, 1.165) is 40.7 Å². The van der Waals surface area contributed by atoms with E-state index in [-0.39, 0.29) is 17.2 Å². The van der Waals surface area contributed by atoms with Crippen molar-refractivity contribution in [2.75, 3.05) is 11.1 Å². The van der Waals surface area contributed by atoms with Crippen LogP contribution in [0.1, 0.15) is 39.4 Å². The highest BCUT2D eigenvalue weighted by molar-refractivity contribution is 7.99. The second-order valence-corrected chi connectivity index (χ2v) is 11.3. The van der Waals surface area contributed by atoms with E-state index in [4.69, 9.17) is 0 Å². The Kier molecular flexibility index (Phi) is 6.11. The Hall–Kier alpha value is -2.49. The van der Waals surface area contributed by atoms with Crippen molar-refractivity contribution < 1.29 is 4.79 Å². The summed E-state index contributed by atoms with van der Waals surface area (Å²) < 4.78 is 0. The maximum atomic E-state index is 12.6. The fraction of sp³-hybridized carbons (Fsp3) is 0.333. The highest BCUT2D eigenvalue weighted by Crippen LogP contribution is 2.34. The molecule has 0 atom stereocenters.